The fourth-order valence-electron chi connectivity index (χ4n) is 3.72. The molecule has 1 saturated heterocycles. The highest BCUT2D eigenvalue weighted by atomic mass is 16.6. The molecule has 140 valence electrons. The van der Waals surface area contributed by atoms with E-state index in [0.29, 0.717) is 10.9 Å². The highest BCUT2D eigenvalue weighted by molar-refractivity contribution is 5.86. The summed E-state index contributed by atoms with van der Waals surface area (Å²) in [5, 5.41) is 32.4. The number of hydrogen-bond acceptors (Lipinski definition) is 6. The number of aromatic nitrogens is 2. The Bertz CT molecular complexity index is 1100. The number of nitrogens with zero attached hydrogens (tertiary/aromatic N) is 1. The minimum atomic E-state index is -1.82. The molecule has 1 aliphatic heterocycles. The third-order valence-electron chi connectivity index (χ3n) is 4.97. The molecular weight excluding hydrogens is 352 g/mol. The molecule has 1 aromatic heterocycles. The van der Waals surface area contributed by atoms with Gasteiger partial charge in [-0.2, -0.15) is 0 Å². The average Bonchev–Trinajstić information content (AvgIpc) is 2.93. The molecule has 8 heteroatoms. The maximum Gasteiger partial charge on any atom is 0.331 e. The molecule has 4 N–H and O–H groups in total. The molecule has 0 bridgehead atoms. The predicted octanol–water partition coefficient (Wildman–Crippen LogP) is -0.496. The molecule has 8 nitrogen and oxygen atoms in total. The summed E-state index contributed by atoms with van der Waals surface area (Å²) < 4.78 is 6.96. The van der Waals surface area contributed by atoms with E-state index in [2.05, 4.69) is 4.98 Å². The van der Waals surface area contributed by atoms with E-state index < -0.39 is 41.9 Å². The van der Waals surface area contributed by atoms with Crippen LogP contribution < -0.4 is 11.2 Å². The molecule has 0 amide bonds. The summed E-state index contributed by atoms with van der Waals surface area (Å²) in [7, 11) is 0. The minimum absolute atomic E-state index is 0.428. The highest BCUT2D eigenvalue weighted by Gasteiger charge is 2.57. The zero-order valence-corrected chi connectivity index (χ0v) is 14.1. The fourth-order valence-corrected chi connectivity index (χ4v) is 3.72. The van der Waals surface area contributed by atoms with Crippen molar-refractivity contribution in [2.45, 2.75) is 24.0 Å². The molecule has 0 unspecified atom stereocenters. The second-order valence-electron chi connectivity index (χ2n) is 6.48. The van der Waals surface area contributed by atoms with Crippen LogP contribution in [-0.2, 0) is 10.5 Å². The molecule has 4 rings (SSSR count). The van der Waals surface area contributed by atoms with Gasteiger partial charge in [0, 0.05) is 17.8 Å². The Morgan fingerprint density at radius 1 is 1.07 bits per heavy atom. The molecule has 27 heavy (non-hydrogen) atoms. The first-order valence-electron chi connectivity index (χ1n) is 8.44. The lowest BCUT2D eigenvalue weighted by Crippen LogP contribution is -2.52. The van der Waals surface area contributed by atoms with Crippen molar-refractivity contribution in [3.05, 3.63) is 81.1 Å². The second kappa shape index (κ2) is 6.43. The number of fused-ring (bicyclic) bond motifs is 1. The molecule has 3 aromatic rings. The van der Waals surface area contributed by atoms with Gasteiger partial charge in [0.2, 0.25) is 5.72 Å². The van der Waals surface area contributed by atoms with Crippen LogP contribution in [0, 0.1) is 0 Å². The number of rotatable bonds is 3. The number of benzene rings is 2. The van der Waals surface area contributed by atoms with Gasteiger partial charge < -0.3 is 20.1 Å². The van der Waals surface area contributed by atoms with E-state index >= 15 is 0 Å². The Balaban J connectivity index is 2.09. The van der Waals surface area contributed by atoms with Gasteiger partial charge >= 0.3 is 5.69 Å². The number of H-pyrrole nitrogens is 1. The molecular formula is C19H18N2O6. The average molecular weight is 370 g/mol. The highest BCUT2D eigenvalue weighted by Crippen LogP contribution is 2.42. The lowest BCUT2D eigenvalue weighted by atomic mass is 9.90. The van der Waals surface area contributed by atoms with Gasteiger partial charge in [-0.3, -0.25) is 14.3 Å². The summed E-state index contributed by atoms with van der Waals surface area (Å²) in [6.07, 6.45) is -2.91. The molecule has 1 aliphatic rings. The summed E-state index contributed by atoms with van der Waals surface area (Å²) in [5.74, 6) is 0. The monoisotopic (exact) mass is 370 g/mol. The maximum absolute atomic E-state index is 12.6. The van der Waals surface area contributed by atoms with Crippen molar-refractivity contribution in [2.75, 3.05) is 6.61 Å². The van der Waals surface area contributed by atoms with E-state index in [1.54, 1.807) is 24.3 Å². The molecule has 2 heterocycles. The molecule has 0 saturated carbocycles. The predicted molar refractivity (Wildman–Crippen MR) is 96.3 cm³/mol. The lowest BCUT2D eigenvalue weighted by Gasteiger charge is -2.35. The smallest absolute Gasteiger partial charge is 0.331 e. The summed E-state index contributed by atoms with van der Waals surface area (Å²) in [4.78, 5) is 26.2. The van der Waals surface area contributed by atoms with E-state index in [0.717, 1.165) is 16.0 Å². The molecule has 2 aromatic carbocycles. The van der Waals surface area contributed by atoms with E-state index in [1.807, 2.05) is 18.2 Å². The van der Waals surface area contributed by atoms with Crippen LogP contribution in [0.4, 0.5) is 0 Å². The van der Waals surface area contributed by atoms with Gasteiger partial charge in [0.05, 0.1) is 6.61 Å². The quantitative estimate of drug-likeness (QED) is 0.493. The minimum Gasteiger partial charge on any atom is -0.394 e. The van der Waals surface area contributed by atoms with Crippen LogP contribution in [-0.4, -0.2) is 49.8 Å². The van der Waals surface area contributed by atoms with Crippen molar-refractivity contribution in [2.24, 2.45) is 0 Å². The van der Waals surface area contributed by atoms with Crippen molar-refractivity contribution in [1.82, 2.24) is 9.55 Å². The molecule has 0 radical (unpaired) electrons. The fraction of sp³-hybridized carbons (Fsp3) is 0.263. The van der Waals surface area contributed by atoms with Crippen LogP contribution in [0.15, 0.2) is 64.3 Å². The zero-order chi connectivity index (χ0) is 19.2. The second-order valence-corrected chi connectivity index (χ2v) is 6.48. The summed E-state index contributed by atoms with van der Waals surface area (Å²) in [6.45, 7) is -0.553. The third kappa shape index (κ3) is 2.54. The molecule has 1 fully saturated rings. The van der Waals surface area contributed by atoms with Crippen LogP contribution >= 0.6 is 0 Å². The van der Waals surface area contributed by atoms with E-state index in [4.69, 9.17) is 4.74 Å². The normalized spacial score (nSPS) is 27.9. The van der Waals surface area contributed by atoms with Gasteiger partial charge in [-0.15, -0.1) is 0 Å². The summed E-state index contributed by atoms with van der Waals surface area (Å²) in [6, 6.07) is 13.7. The first-order chi connectivity index (χ1) is 13.0. The first kappa shape index (κ1) is 17.6. The molecule has 4 atom stereocenters. The van der Waals surface area contributed by atoms with Gasteiger partial charge in [-0.05, 0) is 10.8 Å². The number of nitrogens with one attached hydrogen (secondary N) is 1. The van der Waals surface area contributed by atoms with Crippen molar-refractivity contribution < 1.29 is 20.1 Å². The lowest BCUT2D eigenvalue weighted by molar-refractivity contribution is -0.119. The largest absolute Gasteiger partial charge is 0.394 e. The number of ether oxygens (including phenoxy) is 1. The standard InChI is InChI=1S/C19H18N2O6/c22-10-14-16(24)17(25)19(27-14,21-9-8-15(23)20-18(21)26)13-7-3-5-11-4-1-2-6-12(11)13/h1-9,14,16-17,22,24-25H,10H2,(H,20,23,26)/t14-,16-,17-,19-/m1/s1. The Morgan fingerprint density at radius 3 is 2.52 bits per heavy atom. The van der Waals surface area contributed by atoms with Crippen molar-refractivity contribution >= 4 is 10.8 Å². The van der Waals surface area contributed by atoms with Crippen LogP contribution in [0.2, 0.25) is 0 Å². The van der Waals surface area contributed by atoms with Crippen molar-refractivity contribution in [1.29, 1.82) is 0 Å². The molecule has 0 aliphatic carbocycles. The Labute approximate surface area is 152 Å². The maximum atomic E-state index is 12.6. The van der Waals surface area contributed by atoms with Crippen LogP contribution in [0.25, 0.3) is 10.8 Å². The third-order valence-corrected chi connectivity index (χ3v) is 4.97. The van der Waals surface area contributed by atoms with Crippen LogP contribution in [0.5, 0.6) is 0 Å². The van der Waals surface area contributed by atoms with Gasteiger partial charge in [-0.1, -0.05) is 42.5 Å². The zero-order valence-electron chi connectivity index (χ0n) is 14.1. The number of aliphatic hydroxyl groups excluding tert-OH is 3. The summed E-state index contributed by atoms with van der Waals surface area (Å²) in [5.41, 5.74) is -2.80. The number of aromatic amines is 1. The van der Waals surface area contributed by atoms with Gasteiger partial charge in [-0.25, -0.2) is 4.79 Å². The molecule has 0 spiro atoms. The van der Waals surface area contributed by atoms with Crippen molar-refractivity contribution in [3.63, 3.8) is 0 Å². The topological polar surface area (TPSA) is 125 Å². The van der Waals surface area contributed by atoms with Gasteiger partial charge in [0.1, 0.15) is 18.3 Å². The Hall–Kier alpha value is -2.78. The van der Waals surface area contributed by atoms with Gasteiger partial charge in [0.25, 0.3) is 5.56 Å². The summed E-state index contributed by atoms with van der Waals surface area (Å²) >= 11 is 0. The Morgan fingerprint density at radius 2 is 1.81 bits per heavy atom. The van der Waals surface area contributed by atoms with Gasteiger partial charge in [0.15, 0.2) is 0 Å². The van der Waals surface area contributed by atoms with E-state index in [9.17, 15) is 24.9 Å². The van der Waals surface area contributed by atoms with E-state index in [-0.39, 0.29) is 0 Å². The SMILES string of the molecule is O=c1ccn([C@]2(c3cccc4ccccc34)O[C@H](CO)[C@@H](O)[C@H]2O)c(=O)[nH]1. The Kier molecular flexibility index (Phi) is 4.20. The van der Waals surface area contributed by atoms with E-state index in [1.165, 1.54) is 6.20 Å². The number of hydrogen-bond donors (Lipinski definition) is 4. The first-order valence-corrected chi connectivity index (χ1v) is 8.44. The van der Waals surface area contributed by atoms with Crippen molar-refractivity contribution in [3.8, 4) is 0 Å². The van der Waals surface area contributed by atoms with Crippen LogP contribution in [0.3, 0.4) is 0 Å². The number of aliphatic hydroxyl groups is 3. The van der Waals surface area contributed by atoms with Crippen LogP contribution in [0.1, 0.15) is 5.56 Å².